The summed E-state index contributed by atoms with van der Waals surface area (Å²) in [5.74, 6) is 0.387. The van der Waals surface area contributed by atoms with E-state index in [0.717, 1.165) is 38.3 Å². The summed E-state index contributed by atoms with van der Waals surface area (Å²) in [5.41, 5.74) is 2.17. The molecule has 1 aromatic rings. The second-order valence-electron chi connectivity index (χ2n) is 5.45. The molecular weight excluding hydrogens is 238 g/mol. The number of aryl methyl sites for hydroxylation is 1. The van der Waals surface area contributed by atoms with Crippen molar-refractivity contribution in [3.63, 3.8) is 0 Å². The first-order valence-corrected chi connectivity index (χ1v) is 7.05. The van der Waals surface area contributed by atoms with Gasteiger partial charge in [-0.25, -0.2) is 0 Å². The van der Waals surface area contributed by atoms with E-state index in [1.807, 2.05) is 19.1 Å². The fourth-order valence-electron chi connectivity index (χ4n) is 2.39. The van der Waals surface area contributed by atoms with Gasteiger partial charge in [0.25, 0.3) is 0 Å². The van der Waals surface area contributed by atoms with Crippen LogP contribution in [0.15, 0.2) is 18.2 Å². The third-order valence-electron chi connectivity index (χ3n) is 3.75. The normalized spacial score (nSPS) is 17.8. The molecule has 2 rings (SSSR count). The molecule has 4 heteroatoms. The first-order valence-electron chi connectivity index (χ1n) is 7.05. The number of hydrogen-bond acceptors (Lipinski definition) is 4. The SMILES string of the molecule is Cc1ccc(O)c(CNCCN2CCN(C)CC2)c1. The highest BCUT2D eigenvalue weighted by molar-refractivity contribution is 5.35. The topological polar surface area (TPSA) is 38.7 Å². The van der Waals surface area contributed by atoms with Crippen molar-refractivity contribution in [3.05, 3.63) is 29.3 Å². The van der Waals surface area contributed by atoms with Gasteiger partial charge in [0.2, 0.25) is 0 Å². The molecule has 0 amide bonds. The molecule has 1 aliphatic heterocycles. The van der Waals surface area contributed by atoms with Crippen molar-refractivity contribution in [2.24, 2.45) is 0 Å². The van der Waals surface area contributed by atoms with Crippen LogP contribution in [0.1, 0.15) is 11.1 Å². The lowest BCUT2D eigenvalue weighted by molar-refractivity contribution is 0.154. The minimum Gasteiger partial charge on any atom is -0.508 e. The van der Waals surface area contributed by atoms with E-state index in [1.165, 1.54) is 18.7 Å². The van der Waals surface area contributed by atoms with E-state index in [4.69, 9.17) is 0 Å². The maximum Gasteiger partial charge on any atom is 0.120 e. The van der Waals surface area contributed by atoms with Crippen molar-refractivity contribution in [2.45, 2.75) is 13.5 Å². The smallest absolute Gasteiger partial charge is 0.120 e. The van der Waals surface area contributed by atoms with Crippen molar-refractivity contribution in [2.75, 3.05) is 46.3 Å². The van der Waals surface area contributed by atoms with Crippen LogP contribution in [0.2, 0.25) is 0 Å². The van der Waals surface area contributed by atoms with Gasteiger partial charge in [-0.1, -0.05) is 17.7 Å². The predicted molar refractivity (Wildman–Crippen MR) is 78.5 cm³/mol. The molecule has 2 N–H and O–H groups in total. The number of phenols is 1. The van der Waals surface area contributed by atoms with Crippen molar-refractivity contribution < 1.29 is 5.11 Å². The molecule has 1 aliphatic rings. The number of nitrogens with zero attached hydrogens (tertiary/aromatic N) is 2. The summed E-state index contributed by atoms with van der Waals surface area (Å²) in [6.07, 6.45) is 0. The zero-order valence-electron chi connectivity index (χ0n) is 12.0. The van der Waals surface area contributed by atoms with Gasteiger partial charge in [0.05, 0.1) is 0 Å². The second kappa shape index (κ2) is 6.89. The third kappa shape index (κ3) is 4.49. The van der Waals surface area contributed by atoms with Crippen LogP contribution in [-0.4, -0.2) is 61.2 Å². The maximum atomic E-state index is 9.76. The minimum atomic E-state index is 0.387. The Morgan fingerprint density at radius 1 is 1.21 bits per heavy atom. The Labute approximate surface area is 116 Å². The lowest BCUT2D eigenvalue weighted by Gasteiger charge is -2.32. The van der Waals surface area contributed by atoms with E-state index in [9.17, 15) is 5.11 Å². The molecule has 0 aromatic heterocycles. The molecule has 1 heterocycles. The van der Waals surface area contributed by atoms with Crippen LogP contribution in [0.4, 0.5) is 0 Å². The molecule has 0 saturated carbocycles. The lowest BCUT2D eigenvalue weighted by Crippen LogP contribution is -2.46. The summed E-state index contributed by atoms with van der Waals surface area (Å²) >= 11 is 0. The zero-order chi connectivity index (χ0) is 13.7. The van der Waals surface area contributed by atoms with Gasteiger partial charge < -0.3 is 15.3 Å². The molecule has 0 atom stereocenters. The molecule has 1 saturated heterocycles. The predicted octanol–water partition coefficient (Wildman–Crippen LogP) is 1.04. The maximum absolute atomic E-state index is 9.76. The number of rotatable bonds is 5. The van der Waals surface area contributed by atoms with Crippen molar-refractivity contribution >= 4 is 0 Å². The van der Waals surface area contributed by atoms with E-state index in [0.29, 0.717) is 5.75 Å². The molecule has 0 unspecified atom stereocenters. The van der Waals surface area contributed by atoms with Gasteiger partial charge in [0.15, 0.2) is 0 Å². The molecule has 1 fully saturated rings. The van der Waals surface area contributed by atoms with Gasteiger partial charge in [0, 0.05) is 51.4 Å². The Morgan fingerprint density at radius 2 is 1.95 bits per heavy atom. The highest BCUT2D eigenvalue weighted by Gasteiger charge is 2.12. The van der Waals surface area contributed by atoms with Gasteiger partial charge in [-0.15, -0.1) is 0 Å². The standard InChI is InChI=1S/C15H25N3O/c1-13-3-4-15(19)14(11-13)12-16-5-6-18-9-7-17(2)8-10-18/h3-4,11,16,19H,5-10,12H2,1-2H3. The molecule has 4 nitrogen and oxygen atoms in total. The fraction of sp³-hybridized carbons (Fsp3) is 0.600. The number of piperazine rings is 1. The zero-order valence-corrected chi connectivity index (χ0v) is 12.0. The van der Waals surface area contributed by atoms with Crippen molar-refractivity contribution in [1.29, 1.82) is 0 Å². The Balaban J connectivity index is 1.68. The highest BCUT2D eigenvalue weighted by atomic mass is 16.3. The van der Waals surface area contributed by atoms with Gasteiger partial charge >= 0.3 is 0 Å². The molecule has 19 heavy (non-hydrogen) atoms. The summed E-state index contributed by atoms with van der Waals surface area (Å²) in [7, 11) is 2.18. The molecular formula is C15H25N3O. The van der Waals surface area contributed by atoms with Crippen LogP contribution in [0, 0.1) is 6.92 Å². The average molecular weight is 263 g/mol. The summed E-state index contributed by atoms with van der Waals surface area (Å²) in [5, 5.41) is 13.2. The Kier molecular flexibility index (Phi) is 5.19. The summed E-state index contributed by atoms with van der Waals surface area (Å²) < 4.78 is 0. The van der Waals surface area contributed by atoms with E-state index in [2.05, 4.69) is 22.2 Å². The van der Waals surface area contributed by atoms with Crippen LogP contribution < -0.4 is 5.32 Å². The van der Waals surface area contributed by atoms with Crippen LogP contribution in [-0.2, 0) is 6.54 Å². The number of likely N-dealkylation sites (N-methyl/N-ethyl adjacent to an activating group) is 1. The Morgan fingerprint density at radius 3 is 2.68 bits per heavy atom. The number of hydrogen-bond donors (Lipinski definition) is 2. The van der Waals surface area contributed by atoms with Crippen LogP contribution in [0.3, 0.4) is 0 Å². The monoisotopic (exact) mass is 263 g/mol. The largest absolute Gasteiger partial charge is 0.508 e. The first kappa shape index (κ1) is 14.3. The number of aromatic hydroxyl groups is 1. The number of benzene rings is 1. The lowest BCUT2D eigenvalue weighted by atomic mass is 10.1. The Hall–Kier alpha value is -1.10. The summed E-state index contributed by atoms with van der Waals surface area (Å²) in [6, 6.07) is 5.74. The van der Waals surface area contributed by atoms with E-state index in [1.54, 1.807) is 6.07 Å². The molecule has 106 valence electrons. The molecule has 0 radical (unpaired) electrons. The number of phenolic OH excluding ortho intramolecular Hbond substituents is 1. The second-order valence-corrected chi connectivity index (χ2v) is 5.45. The molecule has 0 spiro atoms. The summed E-state index contributed by atoms with van der Waals surface area (Å²) in [4.78, 5) is 4.86. The van der Waals surface area contributed by atoms with Crippen molar-refractivity contribution in [3.8, 4) is 5.75 Å². The molecule has 0 bridgehead atoms. The van der Waals surface area contributed by atoms with Gasteiger partial charge in [-0.3, -0.25) is 4.90 Å². The van der Waals surface area contributed by atoms with Crippen LogP contribution in [0.5, 0.6) is 5.75 Å². The fourth-order valence-corrected chi connectivity index (χ4v) is 2.39. The van der Waals surface area contributed by atoms with Gasteiger partial charge in [0.1, 0.15) is 5.75 Å². The van der Waals surface area contributed by atoms with E-state index in [-0.39, 0.29) is 0 Å². The quantitative estimate of drug-likeness (QED) is 0.779. The van der Waals surface area contributed by atoms with Crippen LogP contribution >= 0.6 is 0 Å². The van der Waals surface area contributed by atoms with Gasteiger partial charge in [-0.05, 0) is 20.0 Å². The van der Waals surface area contributed by atoms with Crippen LogP contribution in [0.25, 0.3) is 0 Å². The molecule has 0 aliphatic carbocycles. The highest BCUT2D eigenvalue weighted by Crippen LogP contribution is 2.17. The Bertz CT molecular complexity index is 400. The first-order chi connectivity index (χ1) is 9.15. The third-order valence-corrected chi connectivity index (χ3v) is 3.75. The minimum absolute atomic E-state index is 0.387. The van der Waals surface area contributed by atoms with E-state index >= 15 is 0 Å². The summed E-state index contributed by atoms with van der Waals surface area (Å²) in [6.45, 7) is 9.49. The van der Waals surface area contributed by atoms with Crippen molar-refractivity contribution in [1.82, 2.24) is 15.1 Å². The van der Waals surface area contributed by atoms with Gasteiger partial charge in [-0.2, -0.15) is 0 Å². The van der Waals surface area contributed by atoms with E-state index < -0.39 is 0 Å². The molecule has 1 aromatic carbocycles. The average Bonchev–Trinajstić information content (AvgIpc) is 2.40. The number of nitrogens with one attached hydrogen (secondary N) is 1.